The van der Waals surface area contributed by atoms with Crippen molar-refractivity contribution >= 4 is 48.5 Å². The number of hydrogen-bond donors (Lipinski definition) is 0. The van der Waals surface area contributed by atoms with Gasteiger partial charge in [-0.15, -0.1) is 0 Å². The zero-order valence-electron chi connectivity index (χ0n) is 13.9. The zero-order valence-corrected chi connectivity index (χ0v) is 16.3. The maximum Gasteiger partial charge on any atom is 0.260 e. The van der Waals surface area contributed by atoms with Crippen molar-refractivity contribution in [2.75, 3.05) is 32.1 Å². The van der Waals surface area contributed by atoms with Gasteiger partial charge in [-0.25, -0.2) is 9.37 Å². The molecule has 0 bridgehead atoms. The molecule has 0 N–H and O–H groups in total. The minimum absolute atomic E-state index is 0.145. The number of thiazole rings is 1. The highest BCUT2D eigenvalue weighted by Crippen LogP contribution is 2.31. The highest BCUT2D eigenvalue weighted by molar-refractivity contribution is 9.10. The molecule has 0 aliphatic rings. The number of fused-ring (bicyclic) bond motifs is 1. The van der Waals surface area contributed by atoms with Crippen molar-refractivity contribution in [3.63, 3.8) is 0 Å². The van der Waals surface area contributed by atoms with Gasteiger partial charge in [0.15, 0.2) is 5.13 Å². The predicted molar refractivity (Wildman–Crippen MR) is 104 cm³/mol. The maximum absolute atomic E-state index is 14.0. The van der Waals surface area contributed by atoms with Crippen LogP contribution in [0, 0.1) is 5.82 Å². The Labute approximate surface area is 158 Å². The number of halogens is 2. The Hall–Kier alpha value is -1.83. The van der Waals surface area contributed by atoms with Crippen LogP contribution < -0.4 is 4.90 Å². The molecule has 25 heavy (non-hydrogen) atoms. The lowest BCUT2D eigenvalue weighted by Crippen LogP contribution is -2.36. The van der Waals surface area contributed by atoms with Crippen LogP contribution in [0.1, 0.15) is 10.4 Å². The molecular formula is C18H17BrFN3OS. The minimum Gasteiger partial charge on any atom is -0.308 e. The van der Waals surface area contributed by atoms with E-state index in [1.807, 2.05) is 37.2 Å². The molecule has 0 fully saturated rings. The number of anilines is 1. The summed E-state index contributed by atoms with van der Waals surface area (Å²) in [6.45, 7) is 1.16. The smallest absolute Gasteiger partial charge is 0.260 e. The lowest BCUT2D eigenvalue weighted by Gasteiger charge is -2.22. The summed E-state index contributed by atoms with van der Waals surface area (Å²) >= 11 is 4.70. The predicted octanol–water partition coefficient (Wildman–Crippen LogP) is 4.41. The third-order valence-corrected chi connectivity index (χ3v) is 5.27. The van der Waals surface area contributed by atoms with E-state index in [2.05, 4.69) is 20.9 Å². The zero-order chi connectivity index (χ0) is 18.0. The fourth-order valence-electron chi connectivity index (χ4n) is 2.35. The molecule has 2 aromatic carbocycles. The first-order valence-electron chi connectivity index (χ1n) is 7.73. The van der Waals surface area contributed by atoms with E-state index in [0.29, 0.717) is 29.3 Å². The molecule has 0 spiro atoms. The third kappa shape index (κ3) is 4.05. The fourth-order valence-corrected chi connectivity index (χ4v) is 3.62. The van der Waals surface area contributed by atoms with Crippen molar-refractivity contribution in [1.82, 2.24) is 9.88 Å². The third-order valence-electron chi connectivity index (χ3n) is 3.70. The normalized spacial score (nSPS) is 11.2. The Balaban J connectivity index is 1.99. The van der Waals surface area contributed by atoms with Crippen molar-refractivity contribution in [2.45, 2.75) is 0 Å². The van der Waals surface area contributed by atoms with Crippen LogP contribution in [0.25, 0.3) is 10.2 Å². The summed E-state index contributed by atoms with van der Waals surface area (Å²) < 4.78 is 15.6. The number of likely N-dealkylation sites (N-methyl/N-ethyl adjacent to an activating group) is 1. The van der Waals surface area contributed by atoms with Gasteiger partial charge in [-0.05, 0) is 50.5 Å². The van der Waals surface area contributed by atoms with Crippen LogP contribution in [-0.4, -0.2) is 43.0 Å². The number of amides is 1. The number of benzene rings is 2. The van der Waals surface area contributed by atoms with Crippen LogP contribution in [0.5, 0.6) is 0 Å². The topological polar surface area (TPSA) is 36.4 Å². The van der Waals surface area contributed by atoms with E-state index in [9.17, 15) is 9.18 Å². The Bertz CT molecular complexity index is 895. The Morgan fingerprint density at radius 2 is 1.88 bits per heavy atom. The summed E-state index contributed by atoms with van der Waals surface area (Å²) in [6, 6.07) is 12.0. The lowest BCUT2D eigenvalue weighted by atomic mass is 10.2. The number of carbonyl (C=O) groups is 1. The molecule has 0 aliphatic heterocycles. The van der Waals surface area contributed by atoms with E-state index in [1.54, 1.807) is 23.1 Å². The molecule has 1 aromatic heterocycles. The standard InChI is InChI=1S/C18H17BrFN3OS/c1-22(2)10-11-23(17(24)12-6-8-13(19)9-7-12)18-21-16-14(20)4-3-5-15(16)25-18/h3-9H,10-11H2,1-2H3. The highest BCUT2D eigenvalue weighted by atomic mass is 79.9. The van der Waals surface area contributed by atoms with Crippen LogP contribution in [-0.2, 0) is 0 Å². The van der Waals surface area contributed by atoms with Crippen molar-refractivity contribution in [2.24, 2.45) is 0 Å². The average molecular weight is 422 g/mol. The van der Waals surface area contributed by atoms with Gasteiger partial charge in [0, 0.05) is 23.1 Å². The first-order valence-corrected chi connectivity index (χ1v) is 9.34. The van der Waals surface area contributed by atoms with Gasteiger partial charge in [0.25, 0.3) is 5.91 Å². The van der Waals surface area contributed by atoms with Crippen molar-refractivity contribution in [3.8, 4) is 0 Å². The van der Waals surface area contributed by atoms with Crippen LogP contribution in [0.3, 0.4) is 0 Å². The quantitative estimate of drug-likeness (QED) is 0.612. The van der Waals surface area contributed by atoms with Gasteiger partial charge in [0.2, 0.25) is 0 Å². The number of rotatable bonds is 5. The van der Waals surface area contributed by atoms with Gasteiger partial charge in [-0.1, -0.05) is 33.3 Å². The summed E-state index contributed by atoms with van der Waals surface area (Å²) in [7, 11) is 3.89. The molecule has 7 heteroatoms. The van der Waals surface area contributed by atoms with Crippen LogP contribution in [0.15, 0.2) is 46.9 Å². The molecule has 0 saturated heterocycles. The van der Waals surface area contributed by atoms with E-state index in [0.717, 1.165) is 9.17 Å². The van der Waals surface area contributed by atoms with Gasteiger partial charge >= 0.3 is 0 Å². The molecule has 0 radical (unpaired) electrons. The molecule has 1 heterocycles. The largest absolute Gasteiger partial charge is 0.308 e. The van der Waals surface area contributed by atoms with Gasteiger partial charge in [-0.2, -0.15) is 0 Å². The number of carbonyl (C=O) groups excluding carboxylic acids is 1. The van der Waals surface area contributed by atoms with E-state index in [4.69, 9.17) is 0 Å². The first-order chi connectivity index (χ1) is 12.0. The molecule has 4 nitrogen and oxygen atoms in total. The molecule has 130 valence electrons. The molecule has 3 rings (SSSR count). The Morgan fingerprint density at radius 3 is 2.52 bits per heavy atom. The molecule has 1 amide bonds. The van der Waals surface area contributed by atoms with E-state index in [-0.39, 0.29) is 11.7 Å². The van der Waals surface area contributed by atoms with Gasteiger partial charge in [-0.3, -0.25) is 9.69 Å². The van der Waals surface area contributed by atoms with Crippen molar-refractivity contribution in [1.29, 1.82) is 0 Å². The van der Waals surface area contributed by atoms with E-state index < -0.39 is 0 Å². The van der Waals surface area contributed by atoms with Crippen molar-refractivity contribution < 1.29 is 9.18 Å². The average Bonchev–Trinajstić information content (AvgIpc) is 3.00. The van der Waals surface area contributed by atoms with Crippen LogP contribution in [0.4, 0.5) is 9.52 Å². The van der Waals surface area contributed by atoms with Gasteiger partial charge in [0.1, 0.15) is 11.3 Å². The molecule has 0 atom stereocenters. The summed E-state index contributed by atoms with van der Waals surface area (Å²) in [6.07, 6.45) is 0. The second kappa shape index (κ2) is 7.59. The minimum atomic E-state index is -0.372. The van der Waals surface area contributed by atoms with Crippen LogP contribution >= 0.6 is 27.3 Å². The first kappa shape index (κ1) is 18.0. The lowest BCUT2D eigenvalue weighted by molar-refractivity contribution is 0.0985. The second-order valence-electron chi connectivity index (χ2n) is 5.85. The van der Waals surface area contributed by atoms with E-state index >= 15 is 0 Å². The van der Waals surface area contributed by atoms with Gasteiger partial charge < -0.3 is 4.90 Å². The van der Waals surface area contributed by atoms with Crippen molar-refractivity contribution in [3.05, 3.63) is 58.3 Å². The van der Waals surface area contributed by atoms with Gasteiger partial charge in [0.05, 0.1) is 4.70 Å². The Morgan fingerprint density at radius 1 is 1.16 bits per heavy atom. The summed E-state index contributed by atoms with van der Waals surface area (Å²) in [5.74, 6) is -0.516. The molecular weight excluding hydrogens is 405 g/mol. The van der Waals surface area contributed by atoms with Crippen LogP contribution in [0.2, 0.25) is 0 Å². The van der Waals surface area contributed by atoms with E-state index in [1.165, 1.54) is 17.4 Å². The molecule has 0 saturated carbocycles. The Kier molecular flexibility index (Phi) is 5.46. The number of nitrogens with zero attached hydrogens (tertiary/aromatic N) is 3. The summed E-state index contributed by atoms with van der Waals surface area (Å²) in [5, 5.41) is 0.509. The molecule has 0 aliphatic carbocycles. The fraction of sp³-hybridized carbons (Fsp3) is 0.222. The number of aromatic nitrogens is 1. The SMILES string of the molecule is CN(C)CCN(C(=O)c1ccc(Br)cc1)c1nc2c(F)cccc2s1. The number of hydrogen-bond acceptors (Lipinski definition) is 4. The second-order valence-corrected chi connectivity index (χ2v) is 7.77. The number of para-hydroxylation sites is 1. The molecule has 3 aromatic rings. The molecule has 0 unspecified atom stereocenters. The highest BCUT2D eigenvalue weighted by Gasteiger charge is 2.22. The summed E-state index contributed by atoms with van der Waals surface area (Å²) in [4.78, 5) is 21.0. The monoisotopic (exact) mass is 421 g/mol. The summed E-state index contributed by atoms with van der Waals surface area (Å²) in [5.41, 5.74) is 0.877. The maximum atomic E-state index is 14.0.